The van der Waals surface area contributed by atoms with Crippen molar-refractivity contribution in [1.82, 2.24) is 0 Å². The minimum atomic E-state index is -0.552. The van der Waals surface area contributed by atoms with Crippen molar-refractivity contribution in [2.45, 2.75) is 13.5 Å². The molecule has 4 heteroatoms. The molecule has 0 spiro atoms. The number of carbonyl (C=O) groups excluding carboxylic acids is 1. The van der Waals surface area contributed by atoms with Gasteiger partial charge in [-0.05, 0) is 40.5 Å². The summed E-state index contributed by atoms with van der Waals surface area (Å²) < 4.78 is 19.6. The zero-order valence-electron chi connectivity index (χ0n) is 10.3. The highest BCUT2D eigenvalue weighted by Gasteiger charge is 2.14. The summed E-state index contributed by atoms with van der Waals surface area (Å²) in [5.74, 6) is -0.621. The molecule has 0 N–H and O–H groups in total. The molecule has 2 rings (SSSR count). The van der Waals surface area contributed by atoms with Crippen molar-refractivity contribution >= 4 is 21.7 Å². The summed E-state index contributed by atoms with van der Waals surface area (Å²) >= 11 is 3.08. The Morgan fingerprint density at radius 1 is 1.21 bits per heavy atom. The molecule has 0 aromatic heterocycles. The standard InChI is InChI=1S/C15H12BrFO2/c1-10(18)12-7-8-13(15(17)14(12)16)19-9-11-5-3-2-4-6-11/h2-8H,9H2,1H3. The SMILES string of the molecule is CC(=O)c1ccc(OCc2ccccc2)c(F)c1Br. The van der Waals surface area contributed by atoms with E-state index >= 15 is 0 Å². The summed E-state index contributed by atoms with van der Waals surface area (Å²) in [6.07, 6.45) is 0. The van der Waals surface area contributed by atoms with Crippen LogP contribution in [0.1, 0.15) is 22.8 Å². The lowest BCUT2D eigenvalue weighted by molar-refractivity contribution is 0.101. The van der Waals surface area contributed by atoms with E-state index in [1.807, 2.05) is 30.3 Å². The number of ether oxygens (including phenoxy) is 1. The van der Waals surface area contributed by atoms with Crippen LogP contribution < -0.4 is 4.74 Å². The van der Waals surface area contributed by atoms with Crippen LogP contribution in [0, 0.1) is 5.82 Å². The average molecular weight is 323 g/mol. The number of Topliss-reactive ketones (excluding diaryl/α,β-unsaturated/α-hetero) is 1. The molecule has 0 bridgehead atoms. The second-order valence-electron chi connectivity index (χ2n) is 4.07. The highest BCUT2D eigenvalue weighted by atomic mass is 79.9. The summed E-state index contributed by atoms with van der Waals surface area (Å²) in [4.78, 5) is 11.3. The lowest BCUT2D eigenvalue weighted by Gasteiger charge is -2.10. The van der Waals surface area contributed by atoms with Crippen molar-refractivity contribution in [3.05, 3.63) is 63.9 Å². The van der Waals surface area contributed by atoms with Crippen molar-refractivity contribution in [3.63, 3.8) is 0 Å². The van der Waals surface area contributed by atoms with Crippen molar-refractivity contribution in [2.75, 3.05) is 0 Å². The van der Waals surface area contributed by atoms with Crippen molar-refractivity contribution < 1.29 is 13.9 Å². The summed E-state index contributed by atoms with van der Waals surface area (Å²) in [5.41, 5.74) is 1.26. The number of ketones is 1. The molecule has 0 radical (unpaired) electrons. The third-order valence-electron chi connectivity index (χ3n) is 2.66. The first-order valence-corrected chi connectivity index (χ1v) is 6.54. The zero-order chi connectivity index (χ0) is 13.8. The number of benzene rings is 2. The van der Waals surface area contributed by atoms with E-state index in [0.717, 1.165) is 5.56 Å². The van der Waals surface area contributed by atoms with Gasteiger partial charge in [0.1, 0.15) is 6.61 Å². The molecule has 2 nitrogen and oxygen atoms in total. The highest BCUT2D eigenvalue weighted by molar-refractivity contribution is 9.10. The zero-order valence-corrected chi connectivity index (χ0v) is 11.9. The van der Waals surface area contributed by atoms with Crippen LogP contribution in [0.3, 0.4) is 0 Å². The van der Waals surface area contributed by atoms with Crippen LogP contribution in [-0.2, 0) is 6.61 Å². The molecule has 98 valence electrons. The molecule has 0 heterocycles. The van der Waals surface area contributed by atoms with Gasteiger partial charge in [-0.15, -0.1) is 0 Å². The van der Waals surface area contributed by atoms with Crippen molar-refractivity contribution in [3.8, 4) is 5.75 Å². The largest absolute Gasteiger partial charge is 0.486 e. The molecule has 0 aliphatic rings. The molecule has 2 aromatic rings. The number of rotatable bonds is 4. The van der Waals surface area contributed by atoms with Crippen LogP contribution in [0.15, 0.2) is 46.9 Å². The van der Waals surface area contributed by atoms with Gasteiger partial charge in [0.25, 0.3) is 0 Å². The van der Waals surface area contributed by atoms with E-state index in [-0.39, 0.29) is 22.6 Å². The van der Waals surface area contributed by atoms with Crippen molar-refractivity contribution in [1.29, 1.82) is 0 Å². The van der Waals surface area contributed by atoms with E-state index in [2.05, 4.69) is 15.9 Å². The molecule has 0 saturated heterocycles. The Balaban J connectivity index is 2.18. The molecule has 2 aromatic carbocycles. The molecular weight excluding hydrogens is 311 g/mol. The summed E-state index contributed by atoms with van der Waals surface area (Å²) in [5, 5.41) is 0. The quantitative estimate of drug-likeness (QED) is 0.781. The van der Waals surface area contributed by atoms with E-state index in [0.29, 0.717) is 5.56 Å². The fourth-order valence-electron chi connectivity index (χ4n) is 1.65. The van der Waals surface area contributed by atoms with Gasteiger partial charge in [-0.2, -0.15) is 0 Å². The predicted octanol–water partition coefficient (Wildman–Crippen LogP) is 4.37. The lowest BCUT2D eigenvalue weighted by Crippen LogP contribution is -2.01. The molecule has 0 fully saturated rings. The van der Waals surface area contributed by atoms with Gasteiger partial charge in [-0.1, -0.05) is 30.3 Å². The van der Waals surface area contributed by atoms with Crippen LogP contribution in [-0.4, -0.2) is 5.78 Å². The second-order valence-corrected chi connectivity index (χ2v) is 4.86. The fraction of sp³-hybridized carbons (Fsp3) is 0.133. The van der Waals surface area contributed by atoms with Gasteiger partial charge >= 0.3 is 0 Å². The molecule has 0 saturated carbocycles. The minimum Gasteiger partial charge on any atom is -0.486 e. The minimum absolute atomic E-state index is 0.126. The van der Waals surface area contributed by atoms with Gasteiger partial charge in [-0.25, -0.2) is 4.39 Å². The maximum absolute atomic E-state index is 14.0. The molecule has 0 aliphatic carbocycles. The summed E-state index contributed by atoms with van der Waals surface area (Å²) in [6.45, 7) is 1.67. The van der Waals surface area contributed by atoms with Gasteiger partial charge in [0, 0.05) is 5.56 Å². The third-order valence-corrected chi connectivity index (χ3v) is 3.44. The van der Waals surface area contributed by atoms with E-state index in [1.54, 1.807) is 6.07 Å². The number of carbonyl (C=O) groups is 1. The molecule has 0 aliphatic heterocycles. The number of halogens is 2. The van der Waals surface area contributed by atoms with E-state index in [4.69, 9.17) is 4.74 Å². The van der Waals surface area contributed by atoms with Crippen LogP contribution in [0.2, 0.25) is 0 Å². The average Bonchev–Trinajstić information content (AvgIpc) is 2.41. The lowest BCUT2D eigenvalue weighted by atomic mass is 10.1. The maximum Gasteiger partial charge on any atom is 0.179 e. The number of hydrogen-bond acceptors (Lipinski definition) is 2. The van der Waals surface area contributed by atoms with Gasteiger partial charge in [0.15, 0.2) is 17.3 Å². The molecular formula is C15H12BrFO2. The highest BCUT2D eigenvalue weighted by Crippen LogP contribution is 2.29. The van der Waals surface area contributed by atoms with E-state index in [9.17, 15) is 9.18 Å². The second kappa shape index (κ2) is 5.97. The molecule has 0 unspecified atom stereocenters. The first-order valence-electron chi connectivity index (χ1n) is 5.75. The van der Waals surface area contributed by atoms with Gasteiger partial charge in [0.2, 0.25) is 0 Å². The topological polar surface area (TPSA) is 26.3 Å². The van der Waals surface area contributed by atoms with Crippen LogP contribution >= 0.6 is 15.9 Å². The normalized spacial score (nSPS) is 10.3. The molecule has 19 heavy (non-hydrogen) atoms. The van der Waals surface area contributed by atoms with E-state index in [1.165, 1.54) is 13.0 Å². The fourth-order valence-corrected chi connectivity index (χ4v) is 2.26. The first-order chi connectivity index (χ1) is 9.09. The smallest absolute Gasteiger partial charge is 0.179 e. The van der Waals surface area contributed by atoms with Crippen LogP contribution in [0.4, 0.5) is 4.39 Å². The first kappa shape index (κ1) is 13.7. The van der Waals surface area contributed by atoms with Gasteiger partial charge in [0.05, 0.1) is 4.47 Å². The molecule has 0 atom stereocenters. The Labute approximate surface area is 119 Å². The predicted molar refractivity (Wildman–Crippen MR) is 74.9 cm³/mol. The number of hydrogen-bond donors (Lipinski definition) is 0. The Kier molecular flexibility index (Phi) is 4.32. The van der Waals surface area contributed by atoms with Crippen LogP contribution in [0.5, 0.6) is 5.75 Å². The summed E-state index contributed by atoms with van der Waals surface area (Å²) in [6, 6.07) is 12.5. The maximum atomic E-state index is 14.0. The van der Waals surface area contributed by atoms with Crippen LogP contribution in [0.25, 0.3) is 0 Å². The Morgan fingerprint density at radius 3 is 2.53 bits per heavy atom. The third kappa shape index (κ3) is 3.20. The summed E-state index contributed by atoms with van der Waals surface area (Å²) in [7, 11) is 0. The van der Waals surface area contributed by atoms with Gasteiger partial charge < -0.3 is 4.74 Å². The Morgan fingerprint density at radius 2 is 1.89 bits per heavy atom. The monoisotopic (exact) mass is 322 g/mol. The van der Waals surface area contributed by atoms with E-state index < -0.39 is 5.82 Å². The van der Waals surface area contributed by atoms with Gasteiger partial charge in [-0.3, -0.25) is 4.79 Å². The Hall–Kier alpha value is -1.68. The molecule has 0 amide bonds. The Bertz CT molecular complexity index is 597. The van der Waals surface area contributed by atoms with Crippen molar-refractivity contribution in [2.24, 2.45) is 0 Å².